The van der Waals surface area contributed by atoms with Gasteiger partial charge in [-0.2, -0.15) is 4.98 Å². The third-order valence-electron chi connectivity index (χ3n) is 3.45. The standard InChI is InChI=1S/C11H17N5/c1-16(2)11-13-4-3-9(15-11)14-10-7-5-12-6-8(7)10/h3-4,7-8,10,12H,5-6H2,1-2H3,(H,13,14,15). The van der Waals surface area contributed by atoms with Crippen LogP contribution in [0.4, 0.5) is 11.8 Å². The first kappa shape index (κ1) is 9.84. The van der Waals surface area contributed by atoms with Gasteiger partial charge in [-0.15, -0.1) is 0 Å². The molecule has 2 heterocycles. The first-order valence-corrected chi connectivity index (χ1v) is 5.73. The number of rotatable bonds is 3. The molecule has 1 saturated heterocycles. The Bertz CT molecular complexity index is 382. The van der Waals surface area contributed by atoms with Crippen LogP contribution in [-0.4, -0.2) is 43.2 Å². The summed E-state index contributed by atoms with van der Waals surface area (Å²) in [5, 5.41) is 6.88. The summed E-state index contributed by atoms with van der Waals surface area (Å²) >= 11 is 0. The molecule has 86 valence electrons. The summed E-state index contributed by atoms with van der Waals surface area (Å²) in [6.07, 6.45) is 1.81. The topological polar surface area (TPSA) is 53.1 Å². The predicted molar refractivity (Wildman–Crippen MR) is 63.6 cm³/mol. The van der Waals surface area contributed by atoms with Crippen LogP contribution in [0.3, 0.4) is 0 Å². The van der Waals surface area contributed by atoms with E-state index >= 15 is 0 Å². The van der Waals surface area contributed by atoms with Crippen molar-refractivity contribution in [2.45, 2.75) is 6.04 Å². The van der Waals surface area contributed by atoms with Crippen LogP contribution in [0.15, 0.2) is 12.3 Å². The van der Waals surface area contributed by atoms with Gasteiger partial charge in [0.25, 0.3) is 0 Å². The lowest BCUT2D eigenvalue weighted by Gasteiger charge is -2.12. The van der Waals surface area contributed by atoms with Gasteiger partial charge in [0.2, 0.25) is 5.95 Å². The summed E-state index contributed by atoms with van der Waals surface area (Å²) in [7, 11) is 3.91. The van der Waals surface area contributed by atoms with Gasteiger partial charge in [0, 0.05) is 39.4 Å². The van der Waals surface area contributed by atoms with Crippen molar-refractivity contribution in [3.05, 3.63) is 12.3 Å². The lowest BCUT2D eigenvalue weighted by Crippen LogP contribution is -2.22. The van der Waals surface area contributed by atoms with E-state index in [2.05, 4.69) is 20.6 Å². The zero-order valence-electron chi connectivity index (χ0n) is 9.64. The molecule has 1 aromatic rings. The quantitative estimate of drug-likeness (QED) is 0.759. The number of hydrogen-bond donors (Lipinski definition) is 2. The molecule has 0 radical (unpaired) electrons. The number of nitrogens with one attached hydrogen (secondary N) is 2. The van der Waals surface area contributed by atoms with Crippen molar-refractivity contribution in [1.82, 2.24) is 15.3 Å². The van der Waals surface area contributed by atoms with E-state index in [0.29, 0.717) is 6.04 Å². The average molecular weight is 219 g/mol. The van der Waals surface area contributed by atoms with Gasteiger partial charge in [0.1, 0.15) is 5.82 Å². The highest BCUT2D eigenvalue weighted by molar-refractivity contribution is 5.43. The van der Waals surface area contributed by atoms with E-state index in [1.54, 1.807) is 6.20 Å². The van der Waals surface area contributed by atoms with Gasteiger partial charge < -0.3 is 15.5 Å². The molecule has 2 unspecified atom stereocenters. The molecular weight excluding hydrogens is 202 g/mol. The maximum atomic E-state index is 4.46. The lowest BCUT2D eigenvalue weighted by atomic mass is 10.4. The van der Waals surface area contributed by atoms with Crippen LogP contribution >= 0.6 is 0 Å². The highest BCUT2D eigenvalue weighted by atomic mass is 15.2. The Morgan fingerprint density at radius 1 is 1.38 bits per heavy atom. The third kappa shape index (κ3) is 1.61. The van der Waals surface area contributed by atoms with Crippen molar-refractivity contribution >= 4 is 11.8 Å². The highest BCUT2D eigenvalue weighted by Gasteiger charge is 2.53. The van der Waals surface area contributed by atoms with E-state index in [4.69, 9.17) is 0 Å². The summed E-state index contributed by atoms with van der Waals surface area (Å²) in [5.41, 5.74) is 0. The summed E-state index contributed by atoms with van der Waals surface area (Å²) < 4.78 is 0. The number of anilines is 2. The van der Waals surface area contributed by atoms with E-state index in [1.165, 1.54) is 0 Å². The van der Waals surface area contributed by atoms with Crippen LogP contribution < -0.4 is 15.5 Å². The fourth-order valence-corrected chi connectivity index (χ4v) is 2.45. The summed E-state index contributed by atoms with van der Waals surface area (Å²) in [4.78, 5) is 10.6. The molecule has 0 bridgehead atoms. The van der Waals surface area contributed by atoms with Gasteiger partial charge in [-0.25, -0.2) is 4.98 Å². The molecule has 5 nitrogen and oxygen atoms in total. The highest BCUT2D eigenvalue weighted by Crippen LogP contribution is 2.43. The van der Waals surface area contributed by atoms with E-state index in [0.717, 1.165) is 36.7 Å². The van der Waals surface area contributed by atoms with Gasteiger partial charge >= 0.3 is 0 Å². The zero-order valence-corrected chi connectivity index (χ0v) is 9.64. The Kier molecular flexibility index (Phi) is 2.21. The van der Waals surface area contributed by atoms with Crippen LogP contribution in [0.25, 0.3) is 0 Å². The molecule has 5 heteroatoms. The minimum absolute atomic E-state index is 0.617. The molecule has 0 spiro atoms. The largest absolute Gasteiger partial charge is 0.366 e. The Balaban J connectivity index is 1.68. The van der Waals surface area contributed by atoms with E-state index in [1.807, 2.05) is 25.1 Å². The van der Waals surface area contributed by atoms with Crippen LogP contribution in [-0.2, 0) is 0 Å². The van der Waals surface area contributed by atoms with Gasteiger partial charge in [0.05, 0.1) is 0 Å². The van der Waals surface area contributed by atoms with Crippen molar-refractivity contribution in [2.24, 2.45) is 11.8 Å². The van der Waals surface area contributed by atoms with Crippen molar-refractivity contribution in [1.29, 1.82) is 0 Å². The molecule has 0 amide bonds. The van der Waals surface area contributed by atoms with Crippen LogP contribution in [0.1, 0.15) is 0 Å². The molecule has 0 aromatic carbocycles. The summed E-state index contributed by atoms with van der Waals surface area (Å²) in [6, 6.07) is 2.56. The molecule has 1 aromatic heterocycles. The molecule has 2 atom stereocenters. The van der Waals surface area contributed by atoms with Crippen molar-refractivity contribution in [3.8, 4) is 0 Å². The molecule has 1 aliphatic carbocycles. The van der Waals surface area contributed by atoms with Crippen LogP contribution in [0.2, 0.25) is 0 Å². The van der Waals surface area contributed by atoms with Gasteiger partial charge in [-0.1, -0.05) is 0 Å². The molecule has 1 aliphatic heterocycles. The first-order valence-electron chi connectivity index (χ1n) is 5.73. The molecular formula is C11H17N5. The number of aromatic nitrogens is 2. The maximum Gasteiger partial charge on any atom is 0.226 e. The fourth-order valence-electron chi connectivity index (χ4n) is 2.45. The number of hydrogen-bond acceptors (Lipinski definition) is 5. The number of piperidine rings is 1. The van der Waals surface area contributed by atoms with E-state index < -0.39 is 0 Å². The van der Waals surface area contributed by atoms with E-state index in [9.17, 15) is 0 Å². The summed E-state index contributed by atoms with van der Waals surface area (Å²) in [5.74, 6) is 3.31. The molecule has 2 fully saturated rings. The third-order valence-corrected chi connectivity index (χ3v) is 3.45. The van der Waals surface area contributed by atoms with Crippen LogP contribution in [0, 0.1) is 11.8 Å². The van der Waals surface area contributed by atoms with E-state index in [-0.39, 0.29) is 0 Å². The second kappa shape index (κ2) is 3.59. The molecule has 16 heavy (non-hydrogen) atoms. The minimum atomic E-state index is 0.617. The van der Waals surface area contributed by atoms with Crippen molar-refractivity contribution < 1.29 is 0 Å². The second-order valence-electron chi connectivity index (χ2n) is 4.79. The molecule has 1 saturated carbocycles. The van der Waals surface area contributed by atoms with Gasteiger partial charge in [-0.05, 0) is 17.9 Å². The fraction of sp³-hybridized carbons (Fsp3) is 0.636. The molecule has 2 aliphatic rings. The lowest BCUT2D eigenvalue weighted by molar-refractivity contribution is 0.695. The minimum Gasteiger partial charge on any atom is -0.366 e. The Morgan fingerprint density at radius 3 is 2.81 bits per heavy atom. The first-order chi connectivity index (χ1) is 7.75. The SMILES string of the molecule is CN(C)c1nccc(NC2C3CNCC32)n1. The van der Waals surface area contributed by atoms with Crippen LogP contribution in [0.5, 0.6) is 0 Å². The summed E-state index contributed by atoms with van der Waals surface area (Å²) in [6.45, 7) is 2.29. The Morgan fingerprint density at radius 2 is 2.12 bits per heavy atom. The zero-order chi connectivity index (χ0) is 11.1. The number of fused-ring (bicyclic) bond motifs is 1. The normalized spacial score (nSPS) is 31.0. The Hall–Kier alpha value is -1.36. The number of nitrogens with zero attached hydrogens (tertiary/aromatic N) is 3. The second-order valence-corrected chi connectivity index (χ2v) is 4.79. The predicted octanol–water partition coefficient (Wildman–Crippen LogP) is 0.172. The maximum absolute atomic E-state index is 4.46. The average Bonchev–Trinajstić information content (AvgIpc) is 2.75. The smallest absolute Gasteiger partial charge is 0.226 e. The monoisotopic (exact) mass is 219 g/mol. The van der Waals surface area contributed by atoms with Gasteiger partial charge in [-0.3, -0.25) is 0 Å². The van der Waals surface area contributed by atoms with Crippen molar-refractivity contribution in [2.75, 3.05) is 37.4 Å². The van der Waals surface area contributed by atoms with Crippen molar-refractivity contribution in [3.63, 3.8) is 0 Å². The molecule has 3 rings (SSSR count). The Labute approximate surface area is 95.3 Å². The van der Waals surface area contributed by atoms with Gasteiger partial charge in [0.15, 0.2) is 0 Å². The molecule has 2 N–H and O–H groups in total.